The van der Waals surface area contributed by atoms with E-state index in [1.54, 1.807) is 6.92 Å². The normalized spacial score (nSPS) is 16.3. The summed E-state index contributed by atoms with van der Waals surface area (Å²) < 4.78 is 0. The van der Waals surface area contributed by atoms with Gasteiger partial charge in [0.15, 0.2) is 0 Å². The second-order valence-corrected chi connectivity index (χ2v) is 5.37. The van der Waals surface area contributed by atoms with E-state index in [2.05, 4.69) is 34.5 Å². The first-order valence-electron chi connectivity index (χ1n) is 6.85. The Kier molecular flexibility index (Phi) is 4.30. The first-order valence-corrected chi connectivity index (χ1v) is 6.85. The minimum atomic E-state index is 0.188. The molecule has 1 aromatic carbocycles. The van der Waals surface area contributed by atoms with Crippen LogP contribution in [0.4, 0.5) is 11.4 Å². The number of carbonyl (C=O) groups is 1. The molecule has 104 valence electrons. The van der Waals surface area contributed by atoms with E-state index in [0.717, 1.165) is 31.6 Å². The lowest BCUT2D eigenvalue weighted by Crippen LogP contribution is -2.41. The molecule has 4 heteroatoms. The number of hydrogen-bond acceptors (Lipinski definition) is 3. The van der Waals surface area contributed by atoms with Crippen molar-refractivity contribution in [3.05, 3.63) is 24.3 Å². The summed E-state index contributed by atoms with van der Waals surface area (Å²) in [5, 5.41) is 3.57. The molecular formula is C15H23N3O. The number of anilines is 2. The van der Waals surface area contributed by atoms with Gasteiger partial charge in [-0.25, -0.2) is 0 Å². The van der Waals surface area contributed by atoms with E-state index in [0.29, 0.717) is 6.04 Å². The summed E-state index contributed by atoms with van der Waals surface area (Å²) >= 11 is 0. The van der Waals surface area contributed by atoms with Crippen molar-refractivity contribution in [2.75, 3.05) is 37.4 Å². The molecule has 0 radical (unpaired) electrons. The first kappa shape index (κ1) is 13.7. The molecule has 2 rings (SSSR count). The van der Waals surface area contributed by atoms with E-state index >= 15 is 0 Å². The van der Waals surface area contributed by atoms with Gasteiger partial charge in [-0.15, -0.1) is 0 Å². The van der Waals surface area contributed by atoms with Crippen LogP contribution in [0.3, 0.4) is 0 Å². The largest absolute Gasteiger partial charge is 0.382 e. The Morgan fingerprint density at radius 3 is 2.58 bits per heavy atom. The lowest BCUT2D eigenvalue weighted by molar-refractivity contribution is -0.129. The number of amides is 1. The molecule has 4 nitrogen and oxygen atoms in total. The molecule has 0 bridgehead atoms. The summed E-state index contributed by atoms with van der Waals surface area (Å²) in [5.74, 6) is 0.188. The van der Waals surface area contributed by atoms with Crippen molar-refractivity contribution in [2.24, 2.45) is 0 Å². The Morgan fingerprint density at radius 2 is 2.00 bits per heavy atom. The number of likely N-dealkylation sites (tertiary alicyclic amines) is 1. The van der Waals surface area contributed by atoms with E-state index in [1.807, 2.05) is 19.0 Å². The highest BCUT2D eigenvalue weighted by molar-refractivity contribution is 5.73. The van der Waals surface area contributed by atoms with Gasteiger partial charge in [-0.1, -0.05) is 6.07 Å². The summed E-state index contributed by atoms with van der Waals surface area (Å²) in [7, 11) is 4.09. The third-order valence-electron chi connectivity index (χ3n) is 3.67. The number of nitrogens with zero attached hydrogens (tertiary/aromatic N) is 2. The Bertz CT molecular complexity index is 437. The summed E-state index contributed by atoms with van der Waals surface area (Å²) in [6, 6.07) is 8.90. The molecule has 0 aliphatic carbocycles. The zero-order valence-corrected chi connectivity index (χ0v) is 12.0. The number of rotatable bonds is 3. The Labute approximate surface area is 115 Å². The quantitative estimate of drug-likeness (QED) is 0.906. The van der Waals surface area contributed by atoms with Crippen LogP contribution in [0.5, 0.6) is 0 Å². The van der Waals surface area contributed by atoms with Crippen LogP contribution in [0.1, 0.15) is 19.8 Å². The van der Waals surface area contributed by atoms with Gasteiger partial charge in [0.2, 0.25) is 5.91 Å². The van der Waals surface area contributed by atoms with Gasteiger partial charge >= 0.3 is 0 Å². The fourth-order valence-electron chi connectivity index (χ4n) is 2.45. The van der Waals surface area contributed by atoms with Crippen molar-refractivity contribution >= 4 is 17.3 Å². The van der Waals surface area contributed by atoms with Crippen molar-refractivity contribution in [3.8, 4) is 0 Å². The van der Waals surface area contributed by atoms with E-state index in [9.17, 15) is 4.79 Å². The van der Waals surface area contributed by atoms with Crippen LogP contribution in [0.15, 0.2) is 24.3 Å². The predicted molar refractivity (Wildman–Crippen MR) is 79.7 cm³/mol. The van der Waals surface area contributed by atoms with Crippen molar-refractivity contribution in [3.63, 3.8) is 0 Å². The van der Waals surface area contributed by atoms with Gasteiger partial charge in [0.1, 0.15) is 0 Å². The van der Waals surface area contributed by atoms with Gasteiger partial charge in [0, 0.05) is 51.5 Å². The van der Waals surface area contributed by atoms with Crippen LogP contribution in [-0.2, 0) is 4.79 Å². The molecule has 0 spiro atoms. The maximum atomic E-state index is 11.3. The van der Waals surface area contributed by atoms with Crippen LogP contribution in [0.25, 0.3) is 0 Å². The molecule has 0 aromatic heterocycles. The third kappa shape index (κ3) is 3.63. The lowest BCUT2D eigenvalue weighted by atomic mass is 10.0. The molecule has 1 saturated heterocycles. The molecular weight excluding hydrogens is 238 g/mol. The maximum absolute atomic E-state index is 11.3. The average molecular weight is 261 g/mol. The van der Waals surface area contributed by atoms with Crippen LogP contribution in [0, 0.1) is 0 Å². The lowest BCUT2D eigenvalue weighted by Gasteiger charge is -2.32. The van der Waals surface area contributed by atoms with Crippen molar-refractivity contribution in [2.45, 2.75) is 25.8 Å². The smallest absolute Gasteiger partial charge is 0.219 e. The molecule has 1 N–H and O–H groups in total. The zero-order valence-electron chi connectivity index (χ0n) is 12.0. The molecule has 0 atom stereocenters. The summed E-state index contributed by atoms with van der Waals surface area (Å²) in [5.41, 5.74) is 2.36. The highest BCUT2D eigenvalue weighted by Crippen LogP contribution is 2.21. The number of carbonyl (C=O) groups excluding carboxylic acids is 1. The molecule has 1 aliphatic heterocycles. The summed E-state index contributed by atoms with van der Waals surface area (Å²) in [6.45, 7) is 3.37. The van der Waals surface area contributed by atoms with E-state index < -0.39 is 0 Å². The minimum Gasteiger partial charge on any atom is -0.382 e. The fraction of sp³-hybridized carbons (Fsp3) is 0.533. The standard InChI is InChI=1S/C15H23N3O/c1-12(19)18-9-7-13(8-10-18)16-14-5-4-6-15(11-14)17(2)3/h4-6,11,13,16H,7-10H2,1-3H3. The maximum Gasteiger partial charge on any atom is 0.219 e. The average Bonchev–Trinajstić information content (AvgIpc) is 2.39. The van der Waals surface area contributed by atoms with E-state index in [4.69, 9.17) is 0 Å². The summed E-state index contributed by atoms with van der Waals surface area (Å²) in [6.07, 6.45) is 2.04. The van der Waals surface area contributed by atoms with Crippen LogP contribution >= 0.6 is 0 Å². The molecule has 1 aromatic rings. The van der Waals surface area contributed by atoms with Gasteiger partial charge in [-0.3, -0.25) is 4.79 Å². The Hall–Kier alpha value is -1.71. The van der Waals surface area contributed by atoms with Gasteiger partial charge in [0.25, 0.3) is 0 Å². The minimum absolute atomic E-state index is 0.188. The number of piperidine rings is 1. The SMILES string of the molecule is CC(=O)N1CCC(Nc2cccc(N(C)C)c2)CC1. The van der Waals surface area contributed by atoms with Crippen LogP contribution in [0.2, 0.25) is 0 Å². The molecule has 1 amide bonds. The molecule has 1 heterocycles. The summed E-state index contributed by atoms with van der Waals surface area (Å²) in [4.78, 5) is 15.3. The Balaban J connectivity index is 1.92. The van der Waals surface area contributed by atoms with Crippen molar-refractivity contribution < 1.29 is 4.79 Å². The molecule has 0 unspecified atom stereocenters. The second kappa shape index (κ2) is 5.95. The highest BCUT2D eigenvalue weighted by Gasteiger charge is 2.20. The van der Waals surface area contributed by atoms with Gasteiger partial charge in [0.05, 0.1) is 0 Å². The Morgan fingerprint density at radius 1 is 1.32 bits per heavy atom. The molecule has 1 aliphatic rings. The topological polar surface area (TPSA) is 35.6 Å². The third-order valence-corrected chi connectivity index (χ3v) is 3.67. The number of hydrogen-bond donors (Lipinski definition) is 1. The van der Waals surface area contributed by atoms with Gasteiger partial charge in [-0.2, -0.15) is 0 Å². The van der Waals surface area contributed by atoms with Crippen molar-refractivity contribution in [1.29, 1.82) is 0 Å². The first-order chi connectivity index (χ1) is 9.06. The van der Waals surface area contributed by atoms with Gasteiger partial charge < -0.3 is 15.1 Å². The van der Waals surface area contributed by atoms with E-state index in [1.165, 1.54) is 5.69 Å². The van der Waals surface area contributed by atoms with Gasteiger partial charge in [-0.05, 0) is 31.0 Å². The van der Waals surface area contributed by atoms with Crippen LogP contribution in [-0.4, -0.2) is 44.0 Å². The predicted octanol–water partition coefficient (Wildman–Crippen LogP) is 2.18. The van der Waals surface area contributed by atoms with Crippen LogP contribution < -0.4 is 10.2 Å². The second-order valence-electron chi connectivity index (χ2n) is 5.37. The van der Waals surface area contributed by atoms with Crippen molar-refractivity contribution in [1.82, 2.24) is 4.90 Å². The number of nitrogens with one attached hydrogen (secondary N) is 1. The molecule has 19 heavy (non-hydrogen) atoms. The number of benzene rings is 1. The molecule has 0 saturated carbocycles. The highest BCUT2D eigenvalue weighted by atomic mass is 16.2. The fourth-order valence-corrected chi connectivity index (χ4v) is 2.45. The van der Waals surface area contributed by atoms with E-state index in [-0.39, 0.29) is 5.91 Å². The monoisotopic (exact) mass is 261 g/mol. The zero-order chi connectivity index (χ0) is 13.8. The molecule has 1 fully saturated rings.